The summed E-state index contributed by atoms with van der Waals surface area (Å²) in [5.41, 5.74) is 3.45. The Hall–Kier alpha value is -2.36. The number of carbonyl (C=O) groups is 1. The first-order valence-corrected chi connectivity index (χ1v) is 7.08. The highest BCUT2D eigenvalue weighted by molar-refractivity contribution is 6.03. The van der Waals surface area contributed by atoms with E-state index in [1.54, 1.807) is 6.07 Å². The molecule has 0 radical (unpaired) electrons. The van der Waals surface area contributed by atoms with Crippen molar-refractivity contribution >= 4 is 17.4 Å². The van der Waals surface area contributed by atoms with Crippen molar-refractivity contribution in [2.75, 3.05) is 10.6 Å². The van der Waals surface area contributed by atoms with Gasteiger partial charge in [-0.1, -0.05) is 18.2 Å². The van der Waals surface area contributed by atoms with Crippen LogP contribution in [0.15, 0.2) is 36.4 Å². The molecule has 0 saturated heterocycles. The van der Waals surface area contributed by atoms with Crippen molar-refractivity contribution in [3.63, 3.8) is 0 Å². The summed E-state index contributed by atoms with van der Waals surface area (Å²) < 4.78 is 0. The van der Waals surface area contributed by atoms with E-state index in [0.717, 1.165) is 16.8 Å². The normalized spacial score (nSPS) is 10.5. The van der Waals surface area contributed by atoms with Crippen molar-refractivity contribution < 1.29 is 4.79 Å². The van der Waals surface area contributed by atoms with Gasteiger partial charge in [0.2, 0.25) is 0 Å². The second-order valence-corrected chi connectivity index (χ2v) is 5.41. The summed E-state index contributed by atoms with van der Waals surface area (Å²) >= 11 is 0. The van der Waals surface area contributed by atoms with Crippen molar-refractivity contribution in [3.8, 4) is 0 Å². The molecule has 0 aliphatic heterocycles. The Morgan fingerprint density at radius 3 is 2.52 bits per heavy atom. The number of hydrogen-bond donors (Lipinski definition) is 2. The number of nitrogens with one attached hydrogen (secondary N) is 2. The number of aromatic nitrogens is 1. The minimum absolute atomic E-state index is 0.198. The van der Waals surface area contributed by atoms with Gasteiger partial charge in [0.15, 0.2) is 0 Å². The summed E-state index contributed by atoms with van der Waals surface area (Å²) in [5.74, 6) is 0.509. The molecule has 0 aliphatic rings. The molecular weight excluding hydrogens is 262 g/mol. The van der Waals surface area contributed by atoms with E-state index < -0.39 is 0 Å². The van der Waals surface area contributed by atoms with E-state index in [2.05, 4.69) is 15.6 Å². The molecule has 2 N–H and O–H groups in total. The van der Waals surface area contributed by atoms with E-state index >= 15 is 0 Å². The molecule has 0 saturated carbocycles. The first-order valence-electron chi connectivity index (χ1n) is 7.08. The topological polar surface area (TPSA) is 54.0 Å². The predicted octanol–water partition coefficient (Wildman–Crippen LogP) is 3.77. The van der Waals surface area contributed by atoms with Gasteiger partial charge >= 0.3 is 0 Å². The second kappa shape index (κ2) is 6.39. The van der Waals surface area contributed by atoms with Crippen LogP contribution in [0.1, 0.15) is 35.5 Å². The summed E-state index contributed by atoms with van der Waals surface area (Å²) in [6, 6.07) is 11.5. The van der Waals surface area contributed by atoms with Crippen molar-refractivity contribution in [1.82, 2.24) is 4.98 Å². The van der Waals surface area contributed by atoms with Gasteiger partial charge in [-0.2, -0.15) is 0 Å². The summed E-state index contributed by atoms with van der Waals surface area (Å²) in [6.07, 6.45) is 0. The van der Waals surface area contributed by atoms with Crippen LogP contribution >= 0.6 is 0 Å². The van der Waals surface area contributed by atoms with Gasteiger partial charge in [0.25, 0.3) is 5.91 Å². The van der Waals surface area contributed by atoms with Crippen LogP contribution in [0.2, 0.25) is 0 Å². The van der Waals surface area contributed by atoms with Crippen molar-refractivity contribution in [2.45, 2.75) is 33.7 Å². The first-order chi connectivity index (χ1) is 9.97. The fourth-order valence-corrected chi connectivity index (χ4v) is 2.01. The third kappa shape index (κ3) is 3.81. The van der Waals surface area contributed by atoms with E-state index in [0.29, 0.717) is 11.5 Å². The lowest BCUT2D eigenvalue weighted by Crippen LogP contribution is -2.17. The maximum absolute atomic E-state index is 12.3. The second-order valence-electron chi connectivity index (χ2n) is 5.41. The zero-order valence-corrected chi connectivity index (χ0v) is 12.9. The molecule has 2 rings (SSSR count). The van der Waals surface area contributed by atoms with E-state index in [1.807, 2.05) is 58.0 Å². The van der Waals surface area contributed by atoms with Gasteiger partial charge in [-0.15, -0.1) is 0 Å². The number of hydrogen-bond acceptors (Lipinski definition) is 3. The number of amides is 1. The SMILES string of the molecule is Cc1cccc(NC(=O)c2cccc(NC(C)C)n2)c1C. The minimum atomic E-state index is -0.198. The summed E-state index contributed by atoms with van der Waals surface area (Å²) in [6.45, 7) is 8.08. The fraction of sp³-hybridized carbons (Fsp3) is 0.294. The number of aryl methyl sites for hydroxylation is 1. The molecule has 0 bridgehead atoms. The zero-order chi connectivity index (χ0) is 15.4. The molecule has 0 spiro atoms. The molecule has 0 atom stereocenters. The third-order valence-corrected chi connectivity index (χ3v) is 3.27. The van der Waals surface area contributed by atoms with Gasteiger partial charge < -0.3 is 10.6 Å². The Morgan fingerprint density at radius 1 is 1.10 bits per heavy atom. The third-order valence-electron chi connectivity index (χ3n) is 3.27. The summed E-state index contributed by atoms with van der Waals surface area (Å²) in [5, 5.41) is 6.11. The molecule has 21 heavy (non-hydrogen) atoms. The van der Waals surface area contributed by atoms with Crippen LogP contribution in [0.4, 0.5) is 11.5 Å². The van der Waals surface area contributed by atoms with E-state index in [1.165, 1.54) is 0 Å². The number of anilines is 2. The molecule has 4 heteroatoms. The molecule has 1 amide bonds. The number of rotatable bonds is 4. The van der Waals surface area contributed by atoms with Gasteiger partial charge in [0.1, 0.15) is 11.5 Å². The number of carbonyl (C=O) groups excluding carboxylic acids is 1. The highest BCUT2D eigenvalue weighted by Gasteiger charge is 2.10. The van der Waals surface area contributed by atoms with Crippen LogP contribution in [0.5, 0.6) is 0 Å². The highest BCUT2D eigenvalue weighted by atomic mass is 16.1. The lowest BCUT2D eigenvalue weighted by atomic mass is 10.1. The molecule has 1 heterocycles. The molecule has 1 aromatic heterocycles. The number of pyridine rings is 1. The molecule has 1 aromatic carbocycles. The Bertz CT molecular complexity index is 650. The molecule has 0 aliphatic carbocycles. The van der Waals surface area contributed by atoms with Gasteiger partial charge in [-0.3, -0.25) is 4.79 Å². The van der Waals surface area contributed by atoms with E-state index in [4.69, 9.17) is 0 Å². The van der Waals surface area contributed by atoms with Gasteiger partial charge in [0, 0.05) is 11.7 Å². The maximum Gasteiger partial charge on any atom is 0.274 e. The average molecular weight is 283 g/mol. The van der Waals surface area contributed by atoms with Crippen LogP contribution in [-0.2, 0) is 0 Å². The lowest BCUT2D eigenvalue weighted by Gasteiger charge is -2.12. The zero-order valence-electron chi connectivity index (χ0n) is 12.9. The molecular formula is C17H21N3O. The Balaban J connectivity index is 2.18. The smallest absolute Gasteiger partial charge is 0.274 e. The summed E-state index contributed by atoms with van der Waals surface area (Å²) in [4.78, 5) is 16.7. The maximum atomic E-state index is 12.3. The predicted molar refractivity (Wildman–Crippen MR) is 86.9 cm³/mol. The molecule has 110 valence electrons. The van der Waals surface area contributed by atoms with E-state index in [-0.39, 0.29) is 11.9 Å². The fourth-order valence-electron chi connectivity index (χ4n) is 2.01. The highest BCUT2D eigenvalue weighted by Crippen LogP contribution is 2.18. The van der Waals surface area contributed by atoms with Crippen LogP contribution in [0, 0.1) is 13.8 Å². The average Bonchev–Trinajstić information content (AvgIpc) is 2.43. The number of benzene rings is 1. The van der Waals surface area contributed by atoms with Crippen LogP contribution < -0.4 is 10.6 Å². The van der Waals surface area contributed by atoms with Crippen LogP contribution in [0.3, 0.4) is 0 Å². The lowest BCUT2D eigenvalue weighted by molar-refractivity contribution is 0.102. The van der Waals surface area contributed by atoms with Crippen LogP contribution in [-0.4, -0.2) is 16.9 Å². The molecule has 2 aromatic rings. The number of nitrogens with zero attached hydrogens (tertiary/aromatic N) is 1. The standard InChI is InChI=1S/C17H21N3O/c1-11(2)18-16-10-6-9-15(19-16)17(21)20-14-8-5-7-12(3)13(14)4/h5-11H,1-4H3,(H,18,19)(H,20,21). The van der Waals surface area contributed by atoms with Gasteiger partial charge in [0.05, 0.1) is 0 Å². The monoisotopic (exact) mass is 283 g/mol. The van der Waals surface area contributed by atoms with Gasteiger partial charge in [-0.25, -0.2) is 4.98 Å². The Kier molecular flexibility index (Phi) is 4.58. The quantitative estimate of drug-likeness (QED) is 0.898. The van der Waals surface area contributed by atoms with Crippen molar-refractivity contribution in [3.05, 3.63) is 53.2 Å². The molecule has 0 fully saturated rings. The first kappa shape index (κ1) is 15.0. The van der Waals surface area contributed by atoms with Crippen molar-refractivity contribution in [2.24, 2.45) is 0 Å². The Morgan fingerprint density at radius 2 is 1.81 bits per heavy atom. The minimum Gasteiger partial charge on any atom is -0.368 e. The summed E-state index contributed by atoms with van der Waals surface area (Å²) in [7, 11) is 0. The molecule has 4 nitrogen and oxygen atoms in total. The molecule has 0 unspecified atom stereocenters. The van der Waals surface area contributed by atoms with E-state index in [9.17, 15) is 4.79 Å². The van der Waals surface area contributed by atoms with Crippen LogP contribution in [0.25, 0.3) is 0 Å². The van der Waals surface area contributed by atoms with Crippen molar-refractivity contribution in [1.29, 1.82) is 0 Å². The van der Waals surface area contributed by atoms with Gasteiger partial charge in [-0.05, 0) is 57.0 Å². The Labute approximate surface area is 125 Å². The largest absolute Gasteiger partial charge is 0.368 e.